The van der Waals surface area contributed by atoms with Crippen LogP contribution in [0.3, 0.4) is 0 Å². The van der Waals surface area contributed by atoms with Crippen molar-refractivity contribution in [1.82, 2.24) is 0 Å². The van der Waals surface area contributed by atoms with Crippen molar-refractivity contribution >= 4 is 0 Å². The van der Waals surface area contributed by atoms with Gasteiger partial charge in [0.25, 0.3) is 0 Å². The molecule has 0 aromatic rings. The Morgan fingerprint density at radius 2 is 2.00 bits per heavy atom. The fourth-order valence-corrected chi connectivity index (χ4v) is 0.285. The summed E-state index contributed by atoms with van der Waals surface area (Å²) in [5, 5.41) is 0. The minimum absolute atomic E-state index is 0. The second kappa shape index (κ2) is 9.88. The van der Waals surface area contributed by atoms with Crippen molar-refractivity contribution in [2.75, 3.05) is 0 Å². The Labute approximate surface area is 68.3 Å². The van der Waals surface area contributed by atoms with Crippen LogP contribution in [0.5, 0.6) is 0 Å². The second-order valence-corrected chi connectivity index (χ2v) is 1.17. The zero-order valence-corrected chi connectivity index (χ0v) is 7.28. The molecule has 7 heavy (non-hydrogen) atoms. The maximum Gasteiger partial charge on any atom is 1.00 e. The molecule has 0 unspecified atom stereocenters. The van der Waals surface area contributed by atoms with E-state index in [2.05, 4.69) is 26.0 Å². The summed E-state index contributed by atoms with van der Waals surface area (Å²) in [7, 11) is 0. The van der Waals surface area contributed by atoms with E-state index in [1.54, 1.807) is 0 Å². The van der Waals surface area contributed by atoms with Crippen LogP contribution in [0, 0.1) is 6.92 Å². The normalized spacial score (nSPS) is 8.86. The predicted octanol–water partition coefficient (Wildman–Crippen LogP) is -0.819. The smallest absolute Gasteiger partial charge is 0.340 e. The van der Waals surface area contributed by atoms with Crippen molar-refractivity contribution in [2.45, 2.75) is 19.8 Å². The van der Waals surface area contributed by atoms with E-state index in [0.717, 1.165) is 12.8 Å². The van der Waals surface area contributed by atoms with Gasteiger partial charge in [0.05, 0.1) is 0 Å². The van der Waals surface area contributed by atoms with Gasteiger partial charge >= 0.3 is 29.6 Å². The Kier molecular flexibility index (Phi) is 15.1. The van der Waals surface area contributed by atoms with Crippen LogP contribution in [0.1, 0.15) is 19.8 Å². The summed E-state index contributed by atoms with van der Waals surface area (Å²) in [6.07, 6.45) is 6.25. The van der Waals surface area contributed by atoms with Gasteiger partial charge < -0.3 is 6.92 Å². The minimum atomic E-state index is 0. The Morgan fingerprint density at radius 1 is 1.43 bits per heavy atom. The van der Waals surface area contributed by atoms with Crippen LogP contribution >= 0.6 is 0 Å². The van der Waals surface area contributed by atoms with E-state index in [4.69, 9.17) is 0 Å². The van der Waals surface area contributed by atoms with Crippen LogP contribution in [0.15, 0.2) is 12.2 Å². The van der Waals surface area contributed by atoms with E-state index in [1.807, 2.05) is 0 Å². The fourth-order valence-electron chi connectivity index (χ4n) is 0.285. The van der Waals surface area contributed by atoms with Gasteiger partial charge in [-0.1, -0.05) is 13.0 Å². The zero-order valence-electron chi connectivity index (χ0n) is 5.28. The van der Waals surface area contributed by atoms with Crippen LogP contribution in [0.2, 0.25) is 0 Å². The Hall–Kier alpha value is 0.740. The van der Waals surface area contributed by atoms with E-state index < -0.39 is 0 Å². The molecule has 0 heterocycles. The number of allylic oxidation sites excluding steroid dienone is 2. The standard InChI is InChI=1S/C6H11.Na/c1-3-5-6-4-2;/h5-6H,1,3-4H2,2H3;/q-1;+1/b6-5+;. The molecule has 0 aromatic heterocycles. The summed E-state index contributed by atoms with van der Waals surface area (Å²) in [6, 6.07) is 0. The summed E-state index contributed by atoms with van der Waals surface area (Å²) in [6.45, 7) is 5.75. The quantitative estimate of drug-likeness (QED) is 0.245. The number of hydrogen-bond acceptors (Lipinski definition) is 0. The van der Waals surface area contributed by atoms with Gasteiger partial charge in [-0.3, -0.25) is 0 Å². The Balaban J connectivity index is 0. The van der Waals surface area contributed by atoms with Gasteiger partial charge in [-0.2, -0.15) is 6.42 Å². The summed E-state index contributed by atoms with van der Waals surface area (Å²) < 4.78 is 0. The first kappa shape index (κ1) is 10.7. The van der Waals surface area contributed by atoms with E-state index in [0.29, 0.717) is 0 Å². The van der Waals surface area contributed by atoms with Gasteiger partial charge in [0.2, 0.25) is 0 Å². The van der Waals surface area contributed by atoms with Gasteiger partial charge in [0, 0.05) is 0 Å². The molecule has 0 aliphatic heterocycles. The molecule has 1 heteroatoms. The van der Waals surface area contributed by atoms with E-state index in [1.165, 1.54) is 0 Å². The van der Waals surface area contributed by atoms with Gasteiger partial charge in [-0.25, -0.2) is 0 Å². The molecule has 0 saturated carbocycles. The van der Waals surface area contributed by atoms with E-state index in [9.17, 15) is 0 Å². The summed E-state index contributed by atoms with van der Waals surface area (Å²) >= 11 is 0. The van der Waals surface area contributed by atoms with Crippen molar-refractivity contribution < 1.29 is 29.6 Å². The maximum atomic E-state index is 3.64. The van der Waals surface area contributed by atoms with Crippen LogP contribution in [0.25, 0.3) is 0 Å². The summed E-state index contributed by atoms with van der Waals surface area (Å²) in [5.41, 5.74) is 0. The second-order valence-electron chi connectivity index (χ2n) is 1.17. The van der Waals surface area contributed by atoms with Crippen molar-refractivity contribution in [1.29, 1.82) is 0 Å². The molecule has 0 N–H and O–H groups in total. The molecule has 0 fully saturated rings. The molecule has 0 nitrogen and oxygen atoms in total. The summed E-state index contributed by atoms with van der Waals surface area (Å²) in [4.78, 5) is 0. The first-order chi connectivity index (χ1) is 2.91. The fraction of sp³-hybridized carbons (Fsp3) is 0.500. The molecule has 0 bridgehead atoms. The zero-order chi connectivity index (χ0) is 4.83. The third kappa shape index (κ3) is 10.8. The first-order valence-electron chi connectivity index (χ1n) is 2.36. The molecule has 0 aliphatic rings. The first-order valence-corrected chi connectivity index (χ1v) is 2.36. The molecule has 0 amide bonds. The van der Waals surface area contributed by atoms with Crippen LogP contribution in [-0.2, 0) is 0 Å². The largest absolute Gasteiger partial charge is 1.00 e. The monoisotopic (exact) mass is 106 g/mol. The average molecular weight is 106 g/mol. The predicted molar refractivity (Wildman–Crippen MR) is 29.4 cm³/mol. The molecule has 0 rings (SSSR count). The third-order valence-corrected chi connectivity index (χ3v) is 0.569. The van der Waals surface area contributed by atoms with Crippen molar-refractivity contribution in [3.63, 3.8) is 0 Å². The van der Waals surface area contributed by atoms with Crippen LogP contribution in [-0.4, -0.2) is 0 Å². The molecule has 0 radical (unpaired) electrons. The van der Waals surface area contributed by atoms with Gasteiger partial charge in [0.15, 0.2) is 0 Å². The molecule has 0 saturated heterocycles. The molecule has 0 spiro atoms. The molecular weight excluding hydrogens is 95.1 g/mol. The molecule has 36 valence electrons. The average Bonchev–Trinajstić information content (AvgIpc) is 1.61. The maximum absolute atomic E-state index is 3.64. The summed E-state index contributed by atoms with van der Waals surface area (Å²) in [5.74, 6) is 0. The minimum Gasteiger partial charge on any atom is -0.340 e. The molecular formula is C6H11Na. The third-order valence-electron chi connectivity index (χ3n) is 0.569. The molecule has 0 aliphatic carbocycles. The Morgan fingerprint density at radius 3 is 2.14 bits per heavy atom. The Bertz CT molecular complexity index is 33.4. The van der Waals surface area contributed by atoms with Gasteiger partial charge in [-0.15, -0.1) is 6.08 Å². The van der Waals surface area contributed by atoms with Crippen molar-refractivity contribution in [3.05, 3.63) is 19.1 Å². The van der Waals surface area contributed by atoms with Crippen LogP contribution in [0.4, 0.5) is 0 Å². The van der Waals surface area contributed by atoms with Gasteiger partial charge in [-0.05, 0) is 6.42 Å². The van der Waals surface area contributed by atoms with Gasteiger partial charge in [0.1, 0.15) is 0 Å². The van der Waals surface area contributed by atoms with E-state index in [-0.39, 0.29) is 29.6 Å². The number of rotatable bonds is 2. The molecule has 0 atom stereocenters. The SMILES string of the molecule is [CH2-]C/C=C/CC.[Na+]. The number of hydrogen-bond donors (Lipinski definition) is 0. The van der Waals surface area contributed by atoms with Crippen molar-refractivity contribution in [3.8, 4) is 0 Å². The van der Waals surface area contributed by atoms with E-state index >= 15 is 0 Å². The van der Waals surface area contributed by atoms with Crippen LogP contribution < -0.4 is 29.6 Å². The topological polar surface area (TPSA) is 0 Å². The van der Waals surface area contributed by atoms with Crippen molar-refractivity contribution in [2.24, 2.45) is 0 Å². The molecule has 0 aromatic carbocycles.